The predicted octanol–water partition coefficient (Wildman–Crippen LogP) is 2.74. The van der Waals surface area contributed by atoms with E-state index in [2.05, 4.69) is 0 Å². The maximum absolute atomic E-state index is 12.8. The van der Waals surface area contributed by atoms with Gasteiger partial charge in [-0.2, -0.15) is 0 Å². The molecule has 0 radical (unpaired) electrons. The van der Waals surface area contributed by atoms with Crippen molar-refractivity contribution in [3.05, 3.63) is 48.5 Å². The highest BCUT2D eigenvalue weighted by atomic mass is 32.2. The molecule has 32 heavy (non-hydrogen) atoms. The molecule has 0 bridgehead atoms. The quantitative estimate of drug-likeness (QED) is 0.310. The van der Waals surface area contributed by atoms with E-state index in [1.54, 1.807) is 24.3 Å². The number of rotatable bonds is 14. The van der Waals surface area contributed by atoms with Crippen LogP contribution in [0.3, 0.4) is 0 Å². The normalized spacial score (nSPS) is 19.1. The molecule has 176 valence electrons. The summed E-state index contributed by atoms with van der Waals surface area (Å²) in [6.07, 6.45) is 0.457. The molecule has 0 aromatic heterocycles. The summed E-state index contributed by atoms with van der Waals surface area (Å²) >= 11 is 0. The van der Waals surface area contributed by atoms with Crippen molar-refractivity contribution < 1.29 is 36.8 Å². The first kappa shape index (κ1) is 24.5. The van der Waals surface area contributed by atoms with Gasteiger partial charge in [0, 0.05) is 0 Å². The van der Waals surface area contributed by atoms with Crippen molar-refractivity contribution in [1.82, 2.24) is 0 Å². The molecule has 0 N–H and O–H groups in total. The minimum atomic E-state index is -3.62. The van der Waals surface area contributed by atoms with Crippen LogP contribution in [-0.2, 0) is 28.8 Å². The van der Waals surface area contributed by atoms with Crippen molar-refractivity contribution in [3.63, 3.8) is 0 Å². The third-order valence-electron chi connectivity index (χ3n) is 4.67. The summed E-state index contributed by atoms with van der Waals surface area (Å²) in [7, 11) is -3.62. The van der Waals surface area contributed by atoms with Gasteiger partial charge in [-0.05, 0) is 48.5 Å². The van der Waals surface area contributed by atoms with Crippen molar-refractivity contribution in [2.45, 2.75) is 29.4 Å². The van der Waals surface area contributed by atoms with Crippen LogP contribution in [0.1, 0.15) is 7.43 Å². The molecule has 2 aromatic carbocycles. The second-order valence-electron chi connectivity index (χ2n) is 7.20. The van der Waals surface area contributed by atoms with Crippen LogP contribution in [0.25, 0.3) is 0 Å². The summed E-state index contributed by atoms with van der Waals surface area (Å²) in [5.41, 5.74) is 0. The van der Waals surface area contributed by atoms with E-state index in [1.807, 2.05) is 0 Å². The average molecular weight is 467 g/mol. The van der Waals surface area contributed by atoms with Crippen LogP contribution < -0.4 is 9.47 Å². The van der Waals surface area contributed by atoms with Gasteiger partial charge in [0.1, 0.15) is 36.9 Å². The number of sulfone groups is 1. The summed E-state index contributed by atoms with van der Waals surface area (Å²) in [6.45, 7) is 4.36. The minimum absolute atomic E-state index is 0. The van der Waals surface area contributed by atoms with Crippen molar-refractivity contribution >= 4 is 9.84 Å². The van der Waals surface area contributed by atoms with Crippen LogP contribution >= 0.6 is 0 Å². The Morgan fingerprint density at radius 3 is 1.41 bits per heavy atom. The number of ether oxygens (including phenoxy) is 6. The third kappa shape index (κ3) is 7.46. The molecular weight excluding hydrogens is 436 g/mol. The zero-order chi connectivity index (χ0) is 21.5. The Hall–Kier alpha value is -2.17. The molecule has 2 unspecified atom stereocenters. The highest BCUT2D eigenvalue weighted by Crippen LogP contribution is 2.25. The Labute approximate surface area is 189 Å². The molecule has 2 saturated heterocycles. The van der Waals surface area contributed by atoms with Gasteiger partial charge in [0.25, 0.3) is 0 Å². The largest absolute Gasteiger partial charge is 0.491 e. The van der Waals surface area contributed by atoms with Gasteiger partial charge >= 0.3 is 0 Å². The number of epoxide rings is 2. The molecule has 8 nitrogen and oxygen atoms in total. The summed E-state index contributed by atoms with van der Waals surface area (Å²) in [6, 6.07) is 12.7. The molecule has 2 aliphatic rings. The van der Waals surface area contributed by atoms with Gasteiger partial charge in [0.15, 0.2) is 0 Å². The van der Waals surface area contributed by atoms with Crippen LogP contribution in [0.2, 0.25) is 0 Å². The monoisotopic (exact) mass is 466 g/mol. The average Bonchev–Trinajstić information content (AvgIpc) is 3.70. The summed E-state index contributed by atoms with van der Waals surface area (Å²) in [4.78, 5) is 0.401. The van der Waals surface area contributed by atoms with E-state index in [9.17, 15) is 8.42 Å². The fourth-order valence-corrected chi connectivity index (χ4v) is 4.02. The number of benzene rings is 2. The van der Waals surface area contributed by atoms with Crippen LogP contribution in [0.5, 0.6) is 11.5 Å². The van der Waals surface area contributed by atoms with Crippen LogP contribution in [0.15, 0.2) is 58.3 Å². The van der Waals surface area contributed by atoms with Gasteiger partial charge in [-0.15, -0.1) is 0 Å². The zero-order valence-electron chi connectivity index (χ0n) is 17.1. The van der Waals surface area contributed by atoms with E-state index in [0.29, 0.717) is 51.1 Å². The Balaban J connectivity index is 0.00000289. The molecule has 2 aromatic rings. The molecule has 2 atom stereocenters. The Morgan fingerprint density at radius 1 is 0.688 bits per heavy atom. The van der Waals surface area contributed by atoms with E-state index < -0.39 is 9.84 Å². The fraction of sp³-hybridized carbons (Fsp3) is 0.478. The van der Waals surface area contributed by atoms with Crippen LogP contribution in [-0.4, -0.2) is 73.5 Å². The summed E-state index contributed by atoms with van der Waals surface area (Å²) < 4.78 is 57.8. The van der Waals surface area contributed by atoms with E-state index >= 15 is 0 Å². The highest BCUT2D eigenvalue weighted by molar-refractivity contribution is 7.91. The molecule has 4 rings (SSSR count). The molecular formula is C23H30O8S. The predicted molar refractivity (Wildman–Crippen MR) is 117 cm³/mol. The third-order valence-corrected chi connectivity index (χ3v) is 6.46. The molecule has 0 saturated carbocycles. The Morgan fingerprint density at radius 2 is 1.06 bits per heavy atom. The van der Waals surface area contributed by atoms with E-state index in [4.69, 9.17) is 28.4 Å². The van der Waals surface area contributed by atoms with Gasteiger partial charge in [-0.3, -0.25) is 0 Å². The first-order chi connectivity index (χ1) is 15.1. The lowest BCUT2D eigenvalue weighted by atomic mass is 10.3. The van der Waals surface area contributed by atoms with E-state index in [1.165, 1.54) is 24.3 Å². The lowest BCUT2D eigenvalue weighted by molar-refractivity contribution is 0.0878. The van der Waals surface area contributed by atoms with Gasteiger partial charge in [0.05, 0.1) is 49.4 Å². The lowest BCUT2D eigenvalue weighted by Gasteiger charge is -2.10. The molecule has 2 aliphatic heterocycles. The fourth-order valence-electron chi connectivity index (χ4n) is 2.76. The molecule has 0 amide bonds. The summed E-state index contributed by atoms with van der Waals surface area (Å²) in [5.74, 6) is 1.17. The first-order valence-corrected chi connectivity index (χ1v) is 11.7. The number of hydrogen-bond acceptors (Lipinski definition) is 8. The van der Waals surface area contributed by atoms with E-state index in [-0.39, 0.29) is 29.4 Å². The van der Waals surface area contributed by atoms with Gasteiger partial charge in [0.2, 0.25) is 9.84 Å². The van der Waals surface area contributed by atoms with E-state index in [0.717, 1.165) is 13.2 Å². The van der Waals surface area contributed by atoms with Crippen molar-refractivity contribution in [3.8, 4) is 11.5 Å². The standard InChI is InChI=1S/C22H26O8S.CH4/c23-31(24,21-5-1-17(2-6-21)27-11-9-25-13-19-15-29-19)22-7-3-18(4-8-22)28-12-10-26-14-20-16-30-20;/h1-8,19-20H,9-16H2;1H4. The zero-order valence-corrected chi connectivity index (χ0v) is 17.9. The lowest BCUT2D eigenvalue weighted by Crippen LogP contribution is -2.10. The maximum Gasteiger partial charge on any atom is 0.206 e. The Bertz CT molecular complexity index is 848. The van der Waals surface area contributed by atoms with Gasteiger partial charge < -0.3 is 28.4 Å². The SMILES string of the molecule is C.O=S(=O)(c1ccc(OCCOCC2CO2)cc1)c1ccc(OCCOCC2CO2)cc1. The number of hydrogen-bond donors (Lipinski definition) is 0. The molecule has 9 heteroatoms. The second kappa shape index (κ2) is 11.6. The molecule has 2 fully saturated rings. The van der Waals surface area contributed by atoms with Crippen LogP contribution in [0.4, 0.5) is 0 Å². The topological polar surface area (TPSA) is 96.1 Å². The smallest absolute Gasteiger partial charge is 0.206 e. The van der Waals surface area contributed by atoms with Crippen LogP contribution in [0, 0.1) is 0 Å². The second-order valence-corrected chi connectivity index (χ2v) is 9.15. The van der Waals surface area contributed by atoms with Crippen molar-refractivity contribution in [2.75, 3.05) is 52.9 Å². The highest BCUT2D eigenvalue weighted by Gasteiger charge is 2.22. The molecule has 2 heterocycles. The molecule has 0 spiro atoms. The minimum Gasteiger partial charge on any atom is -0.491 e. The van der Waals surface area contributed by atoms with Gasteiger partial charge in [-0.1, -0.05) is 7.43 Å². The van der Waals surface area contributed by atoms with Crippen molar-refractivity contribution in [1.29, 1.82) is 0 Å². The first-order valence-electron chi connectivity index (χ1n) is 10.2. The van der Waals surface area contributed by atoms with Crippen molar-refractivity contribution in [2.24, 2.45) is 0 Å². The summed E-state index contributed by atoms with van der Waals surface area (Å²) in [5, 5.41) is 0. The van der Waals surface area contributed by atoms with Gasteiger partial charge in [-0.25, -0.2) is 8.42 Å². The molecule has 0 aliphatic carbocycles. The maximum atomic E-state index is 12.8. The Kier molecular flexibility index (Phi) is 8.89.